The Kier molecular flexibility index (Phi) is 8.28. The number of aliphatic imine (C=N–C) groups is 1. The number of fused-ring (bicyclic) bond motifs is 7. The van der Waals surface area contributed by atoms with Crippen molar-refractivity contribution in [3.05, 3.63) is 83.4 Å². The molecule has 0 heterocycles. The Balaban J connectivity index is 1.23. The molecule has 0 unspecified atom stereocenters. The van der Waals surface area contributed by atoms with Gasteiger partial charge in [-0.25, -0.2) is 0 Å². The molecular weight excluding hydrogens is 602 g/mol. The minimum Gasteiger partial charge on any atom is -0.452 e. The Bertz CT molecular complexity index is 1640. The summed E-state index contributed by atoms with van der Waals surface area (Å²) in [7, 11) is 1.97. The molecule has 0 saturated heterocycles. The zero-order chi connectivity index (χ0) is 35.0. The van der Waals surface area contributed by atoms with Gasteiger partial charge in [0.2, 0.25) is 0 Å². The molecule has 0 N–H and O–H groups in total. The van der Waals surface area contributed by atoms with Crippen LogP contribution in [0.3, 0.4) is 0 Å². The number of nitrogens with zero attached hydrogens (tertiary/aromatic N) is 1. The van der Waals surface area contributed by atoms with Crippen LogP contribution in [-0.4, -0.2) is 24.5 Å². The quantitative estimate of drug-likeness (QED) is 0.300. The van der Waals surface area contributed by atoms with Gasteiger partial charge in [-0.3, -0.25) is 14.6 Å². The van der Waals surface area contributed by atoms with Crippen molar-refractivity contribution in [2.24, 2.45) is 55.2 Å². The van der Waals surface area contributed by atoms with E-state index >= 15 is 0 Å². The van der Waals surface area contributed by atoms with Crippen molar-refractivity contribution in [3.63, 3.8) is 0 Å². The van der Waals surface area contributed by atoms with E-state index in [-0.39, 0.29) is 44.9 Å². The lowest BCUT2D eigenvalue weighted by Gasteiger charge is -2.70. The molecule has 0 aliphatic heterocycles. The molecule has 0 spiro atoms. The fourth-order valence-corrected chi connectivity index (χ4v) is 12.7. The van der Waals surface area contributed by atoms with Crippen LogP contribution in [0.2, 0.25) is 0 Å². The van der Waals surface area contributed by atoms with Gasteiger partial charge in [0.1, 0.15) is 0 Å². The topological polar surface area (TPSA) is 55.7 Å². The van der Waals surface area contributed by atoms with Crippen molar-refractivity contribution < 1.29 is 14.3 Å². The molecule has 7 rings (SSSR count). The molecule has 4 nitrogen and oxygen atoms in total. The third kappa shape index (κ3) is 4.92. The first kappa shape index (κ1) is 34.4. The van der Waals surface area contributed by atoms with Gasteiger partial charge < -0.3 is 4.74 Å². The lowest BCUT2D eigenvalue weighted by Crippen LogP contribution is -2.66. The largest absolute Gasteiger partial charge is 0.452 e. The Morgan fingerprint density at radius 1 is 0.857 bits per heavy atom. The highest BCUT2D eigenvalue weighted by Crippen LogP contribution is 2.75. The van der Waals surface area contributed by atoms with Crippen LogP contribution in [0.4, 0.5) is 0 Å². The van der Waals surface area contributed by atoms with Crippen molar-refractivity contribution in [3.8, 4) is 0 Å². The van der Waals surface area contributed by atoms with Gasteiger partial charge in [-0.15, -0.1) is 0 Å². The Morgan fingerprint density at radius 2 is 1.47 bits per heavy atom. The van der Waals surface area contributed by atoms with Crippen LogP contribution in [-0.2, 0) is 14.3 Å². The van der Waals surface area contributed by atoms with E-state index in [1.165, 1.54) is 11.3 Å². The number of benzene rings is 2. The summed E-state index contributed by atoms with van der Waals surface area (Å²) in [5.74, 6) is 0.891. The molecule has 262 valence electrons. The third-order valence-corrected chi connectivity index (χ3v) is 16.1. The summed E-state index contributed by atoms with van der Waals surface area (Å²) in [5, 5.41) is 0. The summed E-state index contributed by atoms with van der Waals surface area (Å²) in [5.41, 5.74) is 3.92. The maximum atomic E-state index is 14.9. The molecule has 2 aromatic carbocycles. The second-order valence-corrected chi connectivity index (χ2v) is 18.3. The van der Waals surface area contributed by atoms with Crippen LogP contribution in [0, 0.1) is 50.2 Å². The van der Waals surface area contributed by atoms with Gasteiger partial charge in [0.15, 0.2) is 11.9 Å². The van der Waals surface area contributed by atoms with Crippen LogP contribution in [0.5, 0.6) is 0 Å². The Hall–Kier alpha value is -3.01. The van der Waals surface area contributed by atoms with Gasteiger partial charge >= 0.3 is 5.97 Å². The summed E-state index contributed by atoms with van der Waals surface area (Å²) >= 11 is 0. The second kappa shape index (κ2) is 11.8. The van der Waals surface area contributed by atoms with Crippen LogP contribution in [0.1, 0.15) is 130 Å². The maximum Gasteiger partial charge on any atom is 0.312 e. The molecule has 9 atom stereocenters. The van der Waals surface area contributed by atoms with Gasteiger partial charge in [-0.2, -0.15) is 0 Å². The highest BCUT2D eigenvalue weighted by molar-refractivity contribution is 5.97. The molecule has 0 amide bonds. The zero-order valence-electron chi connectivity index (χ0n) is 31.4. The first-order chi connectivity index (χ1) is 23.2. The smallest absolute Gasteiger partial charge is 0.312 e. The maximum absolute atomic E-state index is 14.9. The summed E-state index contributed by atoms with van der Waals surface area (Å²) in [6, 6.07) is 20.2. The van der Waals surface area contributed by atoms with Gasteiger partial charge in [0, 0.05) is 24.1 Å². The summed E-state index contributed by atoms with van der Waals surface area (Å²) in [6.07, 6.45) is 11.8. The number of carbonyl (C=O) groups excluding carboxylic acids is 2. The number of esters is 1. The van der Waals surface area contributed by atoms with E-state index in [4.69, 9.17) is 9.73 Å². The highest BCUT2D eigenvalue weighted by Gasteiger charge is 2.70. The first-order valence-electron chi connectivity index (χ1n) is 19.2. The second-order valence-electron chi connectivity index (χ2n) is 18.3. The Morgan fingerprint density at radius 3 is 2.06 bits per heavy atom. The van der Waals surface area contributed by atoms with Crippen molar-refractivity contribution in [1.82, 2.24) is 0 Å². The van der Waals surface area contributed by atoms with E-state index in [9.17, 15) is 9.59 Å². The van der Waals surface area contributed by atoms with Gasteiger partial charge in [-0.1, -0.05) is 108 Å². The fraction of sp³-hybridized carbons (Fsp3) is 0.622. The van der Waals surface area contributed by atoms with Crippen LogP contribution in [0.25, 0.3) is 0 Å². The van der Waals surface area contributed by atoms with Gasteiger partial charge in [-0.05, 0) is 122 Å². The van der Waals surface area contributed by atoms with E-state index in [1.807, 2.05) is 67.7 Å². The summed E-state index contributed by atoms with van der Waals surface area (Å²) < 4.78 is 6.55. The third-order valence-electron chi connectivity index (χ3n) is 16.1. The number of allylic oxidation sites excluding steroid dienone is 2. The Labute approximate surface area is 295 Å². The van der Waals surface area contributed by atoms with E-state index in [2.05, 4.69) is 54.5 Å². The predicted octanol–water partition coefficient (Wildman–Crippen LogP) is 10.8. The number of hydrogen-bond donors (Lipinski definition) is 0. The molecule has 0 radical (unpaired) electrons. The molecule has 4 heteroatoms. The van der Waals surface area contributed by atoms with E-state index < -0.39 is 11.5 Å². The molecule has 4 fully saturated rings. The van der Waals surface area contributed by atoms with E-state index in [1.54, 1.807) is 0 Å². The predicted molar refractivity (Wildman–Crippen MR) is 198 cm³/mol. The minimum atomic E-state index is -0.627. The van der Waals surface area contributed by atoms with Crippen molar-refractivity contribution >= 4 is 17.5 Å². The number of carbonyl (C=O) groups is 2. The van der Waals surface area contributed by atoms with E-state index in [0.29, 0.717) is 11.7 Å². The molecule has 5 aliphatic carbocycles. The molecule has 49 heavy (non-hydrogen) atoms. The number of rotatable bonds is 5. The van der Waals surface area contributed by atoms with Gasteiger partial charge in [0.05, 0.1) is 5.41 Å². The van der Waals surface area contributed by atoms with Crippen molar-refractivity contribution in [2.45, 2.75) is 119 Å². The summed E-state index contributed by atoms with van der Waals surface area (Å²) in [6.45, 7) is 16.8. The van der Waals surface area contributed by atoms with Crippen molar-refractivity contribution in [1.29, 1.82) is 0 Å². The number of hydrogen-bond acceptors (Lipinski definition) is 4. The standard InChI is InChI=1S/C45H59NO3/c1-9-42(4)35-20-23-45(7)38(43(35,5)22-21-36(42)46-8)34(47)28-32-33-29-41(3,25-24-40(33,2)26-27-44(32,45)6)39(48)49-37(30-16-12-10-13-17-30)31-18-14-11-15-19-31/h10-19,28,33,35,37-38H,9,20-27,29H2,1-8H3/t33-,35-,38+,40+,41-,42-,43-,44+,45+/m0/s1. The average molecular weight is 662 g/mol. The first-order valence-corrected chi connectivity index (χ1v) is 19.2. The normalized spacial score (nSPS) is 42.4. The number of ether oxygens (including phenoxy) is 1. The van der Waals surface area contributed by atoms with Crippen molar-refractivity contribution in [2.75, 3.05) is 7.05 Å². The lowest BCUT2D eigenvalue weighted by atomic mass is 9.33. The van der Waals surface area contributed by atoms with Crippen LogP contribution >= 0.6 is 0 Å². The number of ketones is 1. The molecule has 0 aromatic heterocycles. The SMILES string of the molecule is CC[C@]1(C)C(=NC)CC[C@@]2(C)[C@H]1CC[C@]1(C)[C@@H]2C(=O)C=C2[C@@H]3C[C@@](C)(C(=O)OC(c4ccccc4)c4ccccc4)CC[C@]3(C)CC[C@]21C. The van der Waals surface area contributed by atoms with Gasteiger partial charge in [0.25, 0.3) is 0 Å². The highest BCUT2D eigenvalue weighted by atomic mass is 16.5. The average Bonchev–Trinajstić information content (AvgIpc) is 3.09. The van der Waals surface area contributed by atoms with E-state index in [0.717, 1.165) is 75.3 Å². The minimum absolute atomic E-state index is 0.0126. The molecule has 5 aliphatic rings. The fourth-order valence-electron chi connectivity index (χ4n) is 12.7. The van der Waals surface area contributed by atoms with Crippen LogP contribution in [0.15, 0.2) is 77.3 Å². The molecule has 0 bridgehead atoms. The lowest BCUT2D eigenvalue weighted by molar-refractivity contribution is -0.179. The molecule has 4 saturated carbocycles. The zero-order valence-corrected chi connectivity index (χ0v) is 31.4. The summed E-state index contributed by atoms with van der Waals surface area (Å²) in [4.78, 5) is 34.2. The van der Waals surface area contributed by atoms with Crippen LogP contribution < -0.4 is 0 Å². The molecule has 2 aromatic rings. The monoisotopic (exact) mass is 661 g/mol. The molecular formula is C45H59NO3.